The zero-order chi connectivity index (χ0) is 18.3. The first kappa shape index (κ1) is 16.1. The Balaban J connectivity index is 1.60. The van der Waals surface area contributed by atoms with Gasteiger partial charge in [0.1, 0.15) is 5.69 Å². The van der Waals surface area contributed by atoms with Crippen LogP contribution in [0.15, 0.2) is 24.5 Å². The Labute approximate surface area is 150 Å². The number of fused-ring (bicyclic) bond motifs is 1. The van der Waals surface area contributed by atoms with Gasteiger partial charge >= 0.3 is 0 Å². The van der Waals surface area contributed by atoms with Gasteiger partial charge in [-0.2, -0.15) is 15.6 Å². The Hall–Kier alpha value is -3.39. The largest absolute Gasteiger partial charge is 0.328 e. The minimum atomic E-state index is -0.0945. The van der Waals surface area contributed by atoms with Gasteiger partial charge in [0, 0.05) is 30.4 Å². The third-order valence-electron chi connectivity index (χ3n) is 5.17. The smallest absolute Gasteiger partial charge is 0.273 e. The topological polar surface area (TPSA) is 102 Å². The van der Waals surface area contributed by atoms with E-state index in [1.165, 1.54) is 0 Å². The molecule has 1 saturated heterocycles. The van der Waals surface area contributed by atoms with Gasteiger partial charge in [-0.1, -0.05) is 6.07 Å². The molecule has 1 fully saturated rings. The fourth-order valence-electron chi connectivity index (χ4n) is 3.73. The van der Waals surface area contributed by atoms with Crippen LogP contribution >= 0.6 is 0 Å². The molecule has 1 amide bonds. The first-order valence-corrected chi connectivity index (χ1v) is 8.50. The zero-order valence-corrected chi connectivity index (χ0v) is 14.3. The van der Waals surface area contributed by atoms with Gasteiger partial charge in [-0.15, -0.1) is 0 Å². The molecule has 0 N–H and O–H groups in total. The van der Waals surface area contributed by atoms with E-state index in [2.05, 4.69) is 22.3 Å². The Morgan fingerprint density at radius 3 is 2.92 bits per heavy atom. The second-order valence-corrected chi connectivity index (χ2v) is 6.63. The second kappa shape index (κ2) is 6.16. The van der Waals surface area contributed by atoms with Gasteiger partial charge in [0.05, 0.1) is 30.8 Å². The Bertz CT molecular complexity index is 951. The van der Waals surface area contributed by atoms with Gasteiger partial charge in [-0.05, 0) is 19.4 Å². The van der Waals surface area contributed by atoms with E-state index in [0.717, 1.165) is 17.5 Å². The van der Waals surface area contributed by atoms with Crippen LogP contribution in [0.5, 0.6) is 0 Å². The van der Waals surface area contributed by atoms with E-state index in [9.17, 15) is 4.79 Å². The number of carbonyl (C=O) groups excluding carboxylic acids is 1. The Kier molecular flexibility index (Phi) is 3.81. The molecule has 0 saturated carbocycles. The maximum atomic E-state index is 12.9. The monoisotopic (exact) mass is 347 g/mol. The summed E-state index contributed by atoms with van der Waals surface area (Å²) < 4.78 is 1.58. The van der Waals surface area contributed by atoms with Crippen LogP contribution in [0.4, 0.5) is 0 Å². The number of carbonyl (C=O) groups is 1. The first-order valence-electron chi connectivity index (χ1n) is 8.50. The molecule has 0 radical (unpaired) electrons. The van der Waals surface area contributed by atoms with Gasteiger partial charge < -0.3 is 9.80 Å². The van der Waals surface area contributed by atoms with E-state index in [4.69, 9.17) is 10.5 Å². The number of nitrogens with zero attached hydrogens (tertiary/aromatic N) is 7. The van der Waals surface area contributed by atoms with Gasteiger partial charge in [-0.25, -0.2) is 9.67 Å². The summed E-state index contributed by atoms with van der Waals surface area (Å²) in [6.45, 7) is 3.18. The van der Waals surface area contributed by atoms with Crippen molar-refractivity contribution in [1.82, 2.24) is 24.6 Å². The molecule has 130 valence electrons. The lowest BCUT2D eigenvalue weighted by atomic mass is 10.1. The molecule has 4 rings (SSSR count). The summed E-state index contributed by atoms with van der Waals surface area (Å²) in [6, 6.07) is 5.85. The molecule has 8 nitrogen and oxygen atoms in total. The predicted octanol–water partition coefficient (Wildman–Crippen LogP) is 1.23. The summed E-state index contributed by atoms with van der Waals surface area (Å²) in [5, 5.41) is 22.2. The molecule has 0 aliphatic carbocycles. The van der Waals surface area contributed by atoms with E-state index < -0.39 is 0 Å². The van der Waals surface area contributed by atoms with Crippen molar-refractivity contribution in [2.75, 3.05) is 6.54 Å². The summed E-state index contributed by atoms with van der Waals surface area (Å²) >= 11 is 0. The van der Waals surface area contributed by atoms with E-state index in [0.29, 0.717) is 24.6 Å². The van der Waals surface area contributed by atoms with Crippen molar-refractivity contribution in [2.45, 2.75) is 38.4 Å². The molecule has 0 bridgehead atoms. The minimum Gasteiger partial charge on any atom is -0.328 e. The molecule has 2 aliphatic heterocycles. The van der Waals surface area contributed by atoms with Crippen molar-refractivity contribution in [3.8, 4) is 18.1 Å². The van der Waals surface area contributed by atoms with Crippen molar-refractivity contribution in [2.24, 2.45) is 0 Å². The third-order valence-corrected chi connectivity index (χ3v) is 5.17. The number of aromatic nitrogens is 3. The van der Waals surface area contributed by atoms with Crippen molar-refractivity contribution in [1.29, 1.82) is 10.5 Å². The molecule has 0 spiro atoms. The average Bonchev–Trinajstić information content (AvgIpc) is 3.33. The first-order chi connectivity index (χ1) is 12.6. The van der Waals surface area contributed by atoms with Crippen molar-refractivity contribution < 1.29 is 4.79 Å². The van der Waals surface area contributed by atoms with Gasteiger partial charge in [0.25, 0.3) is 5.91 Å². The summed E-state index contributed by atoms with van der Waals surface area (Å²) in [5.74, 6) is 0.462. The SMILES string of the molecule is C[C@@H]1[C@H](N2Cc3ccc(-n4cc(CC#N)cn4)nc3C2=O)CCN1C#N. The van der Waals surface area contributed by atoms with E-state index in [-0.39, 0.29) is 24.4 Å². The normalized spacial score (nSPS) is 21.6. The lowest BCUT2D eigenvalue weighted by Crippen LogP contribution is -2.42. The van der Waals surface area contributed by atoms with Gasteiger partial charge in [-0.3, -0.25) is 4.79 Å². The minimum absolute atomic E-state index is 0.0115. The highest BCUT2D eigenvalue weighted by Gasteiger charge is 2.41. The fourth-order valence-corrected chi connectivity index (χ4v) is 3.73. The molecule has 0 unspecified atom stereocenters. The van der Waals surface area contributed by atoms with E-state index in [1.807, 2.05) is 24.0 Å². The third kappa shape index (κ3) is 2.47. The number of hydrogen-bond donors (Lipinski definition) is 0. The molecular formula is C18H17N7O. The Morgan fingerprint density at radius 2 is 2.19 bits per heavy atom. The summed E-state index contributed by atoms with van der Waals surface area (Å²) in [6.07, 6.45) is 6.64. The van der Waals surface area contributed by atoms with Crippen LogP contribution in [0, 0.1) is 22.8 Å². The van der Waals surface area contributed by atoms with Crippen LogP contribution in [-0.2, 0) is 13.0 Å². The highest BCUT2D eigenvalue weighted by atomic mass is 16.2. The number of pyridine rings is 1. The highest BCUT2D eigenvalue weighted by molar-refractivity contribution is 5.97. The quantitative estimate of drug-likeness (QED) is 0.774. The molecule has 0 aromatic carbocycles. The number of rotatable bonds is 3. The summed E-state index contributed by atoms with van der Waals surface area (Å²) in [7, 11) is 0. The molecule has 2 aliphatic rings. The molecule has 4 heterocycles. The Morgan fingerprint density at radius 1 is 1.35 bits per heavy atom. The number of nitriles is 2. The van der Waals surface area contributed by atoms with Crippen LogP contribution < -0.4 is 0 Å². The van der Waals surface area contributed by atoms with Gasteiger partial charge in [0.15, 0.2) is 12.0 Å². The van der Waals surface area contributed by atoms with Crippen molar-refractivity contribution in [3.63, 3.8) is 0 Å². The molecule has 2 aromatic rings. The van der Waals surface area contributed by atoms with Crippen LogP contribution in [0.3, 0.4) is 0 Å². The molecule has 2 aromatic heterocycles. The second-order valence-electron chi connectivity index (χ2n) is 6.63. The average molecular weight is 347 g/mol. The number of hydrogen-bond acceptors (Lipinski definition) is 6. The maximum absolute atomic E-state index is 12.9. The van der Waals surface area contributed by atoms with Crippen LogP contribution in [0.1, 0.15) is 35.0 Å². The lowest BCUT2D eigenvalue weighted by Gasteiger charge is -2.28. The predicted molar refractivity (Wildman–Crippen MR) is 90.7 cm³/mol. The summed E-state index contributed by atoms with van der Waals surface area (Å²) in [4.78, 5) is 21.0. The molecule has 2 atom stereocenters. The lowest BCUT2D eigenvalue weighted by molar-refractivity contribution is 0.0673. The fraction of sp³-hybridized carbons (Fsp3) is 0.389. The number of likely N-dealkylation sites (tertiary alicyclic amines) is 1. The zero-order valence-electron chi connectivity index (χ0n) is 14.3. The molecule has 8 heteroatoms. The van der Waals surface area contributed by atoms with Crippen molar-refractivity contribution >= 4 is 5.91 Å². The van der Waals surface area contributed by atoms with Crippen LogP contribution in [0.2, 0.25) is 0 Å². The van der Waals surface area contributed by atoms with Crippen LogP contribution in [-0.4, -0.2) is 49.1 Å². The van der Waals surface area contributed by atoms with E-state index in [1.54, 1.807) is 22.0 Å². The van der Waals surface area contributed by atoms with Gasteiger partial charge in [0.2, 0.25) is 0 Å². The molecular weight excluding hydrogens is 330 g/mol. The van der Waals surface area contributed by atoms with E-state index >= 15 is 0 Å². The molecule has 26 heavy (non-hydrogen) atoms. The highest BCUT2D eigenvalue weighted by Crippen LogP contribution is 2.30. The summed E-state index contributed by atoms with van der Waals surface area (Å²) in [5.41, 5.74) is 2.15. The van der Waals surface area contributed by atoms with Crippen LogP contribution in [0.25, 0.3) is 5.82 Å². The van der Waals surface area contributed by atoms with Crippen molar-refractivity contribution in [3.05, 3.63) is 41.3 Å². The standard InChI is InChI=1S/C18H17N7O/c1-12-15(5-7-23(12)11-20)24-10-14-2-3-16(22-17(14)18(24)26)25-9-13(4-6-19)8-21-25/h2-3,8-9,12,15H,4-5,7,10H2,1H3/t12-,15-/m1/s1. The number of amides is 1. The maximum Gasteiger partial charge on any atom is 0.273 e.